The molecule has 0 radical (unpaired) electrons. The van der Waals surface area contributed by atoms with Gasteiger partial charge < -0.3 is 10.1 Å². The second-order valence-corrected chi connectivity index (χ2v) is 6.04. The first kappa shape index (κ1) is 14.7. The van der Waals surface area contributed by atoms with Crippen molar-refractivity contribution in [3.05, 3.63) is 29.8 Å². The smallest absolute Gasteiger partial charge is 0.405 e. The minimum absolute atomic E-state index is 0.0875. The molecule has 1 aromatic rings. The zero-order valence-corrected chi connectivity index (χ0v) is 11.7. The number of nitrogens with zero attached hydrogens (tertiary/aromatic N) is 1. The van der Waals surface area contributed by atoms with Crippen molar-refractivity contribution in [1.82, 2.24) is 10.2 Å². The zero-order chi connectivity index (χ0) is 14.9. The Morgan fingerprint density at radius 2 is 2.05 bits per heavy atom. The molecule has 3 rings (SSSR count). The van der Waals surface area contributed by atoms with E-state index in [0.717, 1.165) is 39.0 Å². The Morgan fingerprint density at radius 1 is 1.24 bits per heavy atom. The van der Waals surface area contributed by atoms with Gasteiger partial charge in [0.15, 0.2) is 0 Å². The molecule has 0 amide bonds. The lowest BCUT2D eigenvalue weighted by Gasteiger charge is -2.23. The van der Waals surface area contributed by atoms with Crippen LogP contribution in [-0.2, 0) is 6.54 Å². The summed E-state index contributed by atoms with van der Waals surface area (Å²) in [6, 6.07) is 6.41. The van der Waals surface area contributed by atoms with Gasteiger partial charge in [0.2, 0.25) is 0 Å². The van der Waals surface area contributed by atoms with Crippen molar-refractivity contribution >= 4 is 0 Å². The molecule has 1 aromatic carbocycles. The van der Waals surface area contributed by atoms with E-state index in [-0.39, 0.29) is 5.75 Å². The number of para-hydroxylation sites is 1. The van der Waals surface area contributed by atoms with Crippen LogP contribution in [-0.4, -0.2) is 37.4 Å². The highest BCUT2D eigenvalue weighted by Crippen LogP contribution is 2.37. The number of likely N-dealkylation sites (tertiary alicyclic amines) is 1. The topological polar surface area (TPSA) is 24.5 Å². The van der Waals surface area contributed by atoms with Gasteiger partial charge in [0.25, 0.3) is 0 Å². The maximum atomic E-state index is 12.4. The fourth-order valence-electron chi connectivity index (χ4n) is 3.41. The van der Waals surface area contributed by atoms with Gasteiger partial charge >= 0.3 is 6.36 Å². The first-order valence-corrected chi connectivity index (χ1v) is 7.23. The minimum Gasteiger partial charge on any atom is -0.405 e. The molecule has 0 aliphatic carbocycles. The lowest BCUT2D eigenvalue weighted by Crippen LogP contribution is -2.29. The van der Waals surface area contributed by atoms with Gasteiger partial charge in [0.05, 0.1) is 0 Å². The lowest BCUT2D eigenvalue weighted by molar-refractivity contribution is -0.275. The summed E-state index contributed by atoms with van der Waals surface area (Å²) in [5.41, 5.74) is 0.914. The van der Waals surface area contributed by atoms with Gasteiger partial charge in [-0.2, -0.15) is 0 Å². The molecule has 2 aliphatic rings. The van der Waals surface area contributed by atoms with Gasteiger partial charge in [-0.05, 0) is 37.4 Å². The fourth-order valence-corrected chi connectivity index (χ4v) is 3.41. The molecular weight excluding hydrogens is 281 g/mol. The lowest BCUT2D eigenvalue weighted by atomic mass is 9.86. The summed E-state index contributed by atoms with van der Waals surface area (Å²) in [7, 11) is 0. The second-order valence-electron chi connectivity index (χ2n) is 6.04. The predicted molar refractivity (Wildman–Crippen MR) is 72.9 cm³/mol. The number of hydrogen-bond acceptors (Lipinski definition) is 3. The van der Waals surface area contributed by atoms with Crippen LogP contribution in [0.3, 0.4) is 0 Å². The molecule has 0 aromatic heterocycles. The monoisotopic (exact) mass is 300 g/mol. The molecule has 0 bridgehead atoms. The molecular formula is C15H19F3N2O. The Hall–Kier alpha value is -1.27. The molecule has 1 atom stereocenters. The average molecular weight is 300 g/mol. The van der Waals surface area contributed by atoms with Crippen molar-refractivity contribution in [2.24, 2.45) is 5.41 Å². The molecule has 6 heteroatoms. The van der Waals surface area contributed by atoms with Gasteiger partial charge in [0.1, 0.15) is 5.75 Å². The van der Waals surface area contributed by atoms with Crippen LogP contribution in [0.2, 0.25) is 0 Å². The van der Waals surface area contributed by atoms with Gasteiger partial charge in [-0.15, -0.1) is 13.2 Å². The number of benzene rings is 1. The van der Waals surface area contributed by atoms with Gasteiger partial charge in [-0.25, -0.2) is 0 Å². The van der Waals surface area contributed by atoms with E-state index in [9.17, 15) is 13.2 Å². The third-order valence-corrected chi connectivity index (χ3v) is 4.44. The number of hydrogen-bond donors (Lipinski definition) is 1. The summed E-state index contributed by atoms with van der Waals surface area (Å²) in [4.78, 5) is 2.23. The number of halogens is 3. The van der Waals surface area contributed by atoms with E-state index >= 15 is 0 Å². The summed E-state index contributed by atoms with van der Waals surface area (Å²) < 4.78 is 41.4. The minimum atomic E-state index is -4.64. The number of rotatable bonds is 3. The molecule has 116 valence electrons. The molecule has 21 heavy (non-hydrogen) atoms. The number of nitrogens with one attached hydrogen (secondary N) is 1. The van der Waals surface area contributed by atoms with Crippen LogP contribution >= 0.6 is 0 Å². The summed E-state index contributed by atoms with van der Waals surface area (Å²) >= 11 is 0. The van der Waals surface area contributed by atoms with Crippen LogP contribution < -0.4 is 10.1 Å². The van der Waals surface area contributed by atoms with E-state index < -0.39 is 6.36 Å². The van der Waals surface area contributed by atoms with Crippen LogP contribution in [0, 0.1) is 5.41 Å². The Labute approximate surface area is 122 Å². The van der Waals surface area contributed by atoms with Crippen molar-refractivity contribution in [3.63, 3.8) is 0 Å². The Bertz CT molecular complexity index is 498. The first-order valence-electron chi connectivity index (χ1n) is 7.23. The number of alkyl halides is 3. The SMILES string of the molecule is FC(F)(F)Oc1ccccc1CN1CCC2(CCNC2)C1. The normalized spacial score (nSPS) is 26.6. The standard InChI is InChI=1S/C15H19F3N2O/c16-15(17,18)21-13-4-2-1-3-12(13)9-20-8-6-14(11-20)5-7-19-10-14/h1-4,19H,5-11H2. The Balaban J connectivity index is 1.68. The third-order valence-electron chi connectivity index (χ3n) is 4.44. The maximum Gasteiger partial charge on any atom is 0.573 e. The number of ether oxygens (including phenoxy) is 1. The summed E-state index contributed by atoms with van der Waals surface area (Å²) in [6.45, 7) is 4.45. The van der Waals surface area contributed by atoms with Crippen LogP contribution in [0.15, 0.2) is 24.3 Å². The average Bonchev–Trinajstić information content (AvgIpc) is 3.01. The highest BCUT2D eigenvalue weighted by molar-refractivity contribution is 5.33. The third kappa shape index (κ3) is 3.49. The zero-order valence-electron chi connectivity index (χ0n) is 11.7. The quantitative estimate of drug-likeness (QED) is 0.929. The van der Waals surface area contributed by atoms with E-state index in [2.05, 4.69) is 15.0 Å². The van der Waals surface area contributed by atoms with Crippen molar-refractivity contribution in [1.29, 1.82) is 0 Å². The van der Waals surface area contributed by atoms with Crippen molar-refractivity contribution < 1.29 is 17.9 Å². The molecule has 2 fully saturated rings. The van der Waals surface area contributed by atoms with Crippen LogP contribution in [0.4, 0.5) is 13.2 Å². The van der Waals surface area contributed by atoms with Crippen molar-refractivity contribution in [2.45, 2.75) is 25.7 Å². The molecule has 1 spiro atoms. The largest absolute Gasteiger partial charge is 0.573 e. The second kappa shape index (κ2) is 5.50. The first-order chi connectivity index (χ1) is 9.96. The molecule has 2 heterocycles. The van der Waals surface area contributed by atoms with Gasteiger partial charge in [-0.1, -0.05) is 18.2 Å². The molecule has 3 nitrogen and oxygen atoms in total. The maximum absolute atomic E-state index is 12.4. The van der Waals surface area contributed by atoms with E-state index in [0.29, 0.717) is 17.5 Å². The van der Waals surface area contributed by atoms with E-state index in [1.54, 1.807) is 18.2 Å². The Morgan fingerprint density at radius 3 is 2.76 bits per heavy atom. The van der Waals surface area contributed by atoms with Crippen molar-refractivity contribution in [2.75, 3.05) is 26.2 Å². The summed E-state index contributed by atoms with van der Waals surface area (Å²) in [5.74, 6) is -0.0875. The summed E-state index contributed by atoms with van der Waals surface area (Å²) in [6.07, 6.45) is -2.37. The van der Waals surface area contributed by atoms with E-state index in [1.165, 1.54) is 6.07 Å². The molecule has 2 saturated heterocycles. The van der Waals surface area contributed by atoms with Crippen LogP contribution in [0.5, 0.6) is 5.75 Å². The van der Waals surface area contributed by atoms with Crippen LogP contribution in [0.1, 0.15) is 18.4 Å². The van der Waals surface area contributed by atoms with Crippen molar-refractivity contribution in [3.8, 4) is 5.75 Å². The fraction of sp³-hybridized carbons (Fsp3) is 0.600. The Kier molecular flexibility index (Phi) is 3.84. The van der Waals surface area contributed by atoms with E-state index in [1.807, 2.05) is 0 Å². The molecule has 1 N–H and O–H groups in total. The molecule has 2 aliphatic heterocycles. The highest BCUT2D eigenvalue weighted by atomic mass is 19.4. The van der Waals surface area contributed by atoms with E-state index in [4.69, 9.17) is 0 Å². The summed E-state index contributed by atoms with van der Waals surface area (Å²) in [5, 5.41) is 3.38. The highest BCUT2D eigenvalue weighted by Gasteiger charge is 2.40. The molecule has 1 unspecified atom stereocenters. The molecule has 0 saturated carbocycles. The van der Waals surface area contributed by atoms with Crippen LogP contribution in [0.25, 0.3) is 0 Å². The predicted octanol–water partition coefficient (Wildman–Crippen LogP) is 2.77. The van der Waals surface area contributed by atoms with Gasteiger partial charge in [0, 0.05) is 25.2 Å². The van der Waals surface area contributed by atoms with Gasteiger partial charge in [-0.3, -0.25) is 4.90 Å².